The van der Waals surface area contributed by atoms with E-state index in [9.17, 15) is 0 Å². The van der Waals surface area contributed by atoms with Gasteiger partial charge >= 0.3 is 0 Å². The maximum atomic E-state index is 5.70. The molecule has 0 fully saturated rings. The maximum absolute atomic E-state index is 5.70. The normalized spacial score (nSPS) is 11.4. The van der Waals surface area contributed by atoms with Crippen molar-refractivity contribution in [2.75, 3.05) is 6.61 Å². The van der Waals surface area contributed by atoms with E-state index in [2.05, 4.69) is 27.7 Å². The fraction of sp³-hybridized carbons (Fsp3) is 1.00. The second-order valence-electron chi connectivity index (χ2n) is 2.95. The van der Waals surface area contributed by atoms with Gasteiger partial charge in [0.1, 0.15) is 0 Å². The zero-order valence-corrected chi connectivity index (χ0v) is 8.61. The van der Waals surface area contributed by atoms with E-state index in [0.29, 0.717) is 5.92 Å². The monoisotopic (exact) mass is 159 g/mol. The molecule has 0 aromatic heterocycles. The van der Waals surface area contributed by atoms with Crippen molar-refractivity contribution >= 4 is 9.04 Å². The van der Waals surface area contributed by atoms with Crippen molar-refractivity contribution in [3.05, 3.63) is 0 Å². The van der Waals surface area contributed by atoms with Crippen LogP contribution in [0.5, 0.6) is 0 Å². The van der Waals surface area contributed by atoms with Gasteiger partial charge in [-0.3, -0.25) is 0 Å². The van der Waals surface area contributed by atoms with Crippen LogP contribution in [0.3, 0.4) is 0 Å². The van der Waals surface area contributed by atoms with Crippen LogP contribution >= 0.6 is 0 Å². The van der Waals surface area contributed by atoms with Gasteiger partial charge in [0, 0.05) is 6.61 Å². The molecule has 0 amide bonds. The van der Waals surface area contributed by atoms with Gasteiger partial charge in [-0.25, -0.2) is 0 Å². The van der Waals surface area contributed by atoms with Gasteiger partial charge in [-0.2, -0.15) is 0 Å². The van der Waals surface area contributed by atoms with Crippen molar-refractivity contribution in [2.24, 2.45) is 5.92 Å². The summed E-state index contributed by atoms with van der Waals surface area (Å²) in [5, 5.41) is 0. The first kappa shape index (κ1) is 10.2. The molecule has 0 unspecified atom stereocenters. The molecule has 0 saturated heterocycles. The van der Waals surface area contributed by atoms with Gasteiger partial charge in [-0.15, -0.1) is 0 Å². The topological polar surface area (TPSA) is 9.23 Å². The molecule has 0 aliphatic carbocycles. The lowest BCUT2D eigenvalue weighted by Crippen LogP contribution is -2.18. The minimum Gasteiger partial charge on any atom is -0.416 e. The molecular formula is C8H19OSi. The Balaban J connectivity index is 3.26. The van der Waals surface area contributed by atoms with Crippen LogP contribution in [0.15, 0.2) is 0 Å². The molecule has 61 valence electrons. The van der Waals surface area contributed by atoms with Crippen molar-refractivity contribution < 1.29 is 4.43 Å². The molecule has 0 aliphatic rings. The predicted octanol–water partition coefficient (Wildman–Crippen LogP) is 2.69. The van der Waals surface area contributed by atoms with Gasteiger partial charge in [0.25, 0.3) is 0 Å². The molecule has 2 heteroatoms. The molecule has 0 spiro atoms. The SMILES string of the molecule is CC[Si](CC)OCC(C)C. The first-order valence-corrected chi connectivity index (χ1v) is 6.00. The lowest BCUT2D eigenvalue weighted by molar-refractivity contribution is 0.271. The lowest BCUT2D eigenvalue weighted by Gasteiger charge is -2.12. The first-order valence-electron chi connectivity index (χ1n) is 4.18. The number of hydrogen-bond acceptors (Lipinski definition) is 1. The molecule has 0 N–H and O–H groups in total. The lowest BCUT2D eigenvalue weighted by atomic mass is 10.2. The molecular weight excluding hydrogens is 140 g/mol. The van der Waals surface area contributed by atoms with Crippen LogP contribution in [0.25, 0.3) is 0 Å². The van der Waals surface area contributed by atoms with Crippen LogP contribution in [0.2, 0.25) is 12.1 Å². The fourth-order valence-corrected chi connectivity index (χ4v) is 2.22. The highest BCUT2D eigenvalue weighted by Gasteiger charge is 2.07. The van der Waals surface area contributed by atoms with E-state index in [0.717, 1.165) is 6.61 Å². The average molecular weight is 159 g/mol. The third-order valence-electron chi connectivity index (χ3n) is 1.41. The smallest absolute Gasteiger partial charge is 0.210 e. The Hall–Kier alpha value is 0.177. The second-order valence-corrected chi connectivity index (χ2v) is 5.73. The van der Waals surface area contributed by atoms with Crippen molar-refractivity contribution in [2.45, 2.75) is 39.8 Å². The Morgan fingerprint density at radius 1 is 1.20 bits per heavy atom. The molecule has 0 aromatic rings. The predicted molar refractivity (Wildman–Crippen MR) is 47.5 cm³/mol. The van der Waals surface area contributed by atoms with Crippen LogP contribution in [0.1, 0.15) is 27.7 Å². The van der Waals surface area contributed by atoms with Crippen molar-refractivity contribution in [1.82, 2.24) is 0 Å². The largest absolute Gasteiger partial charge is 0.416 e. The zero-order valence-electron chi connectivity index (χ0n) is 7.61. The molecule has 0 aliphatic heterocycles. The Kier molecular flexibility index (Phi) is 6.03. The Bertz CT molecular complexity index is 69.7. The summed E-state index contributed by atoms with van der Waals surface area (Å²) in [5.41, 5.74) is 0. The summed E-state index contributed by atoms with van der Waals surface area (Å²) in [6, 6.07) is 2.49. The fourth-order valence-electron chi connectivity index (χ4n) is 0.739. The van der Waals surface area contributed by atoms with Crippen molar-refractivity contribution in [3.8, 4) is 0 Å². The summed E-state index contributed by atoms with van der Waals surface area (Å²) in [7, 11) is -0.418. The summed E-state index contributed by atoms with van der Waals surface area (Å²) in [6.07, 6.45) is 0. The summed E-state index contributed by atoms with van der Waals surface area (Å²) in [6.45, 7) is 9.79. The summed E-state index contributed by atoms with van der Waals surface area (Å²) in [4.78, 5) is 0. The van der Waals surface area contributed by atoms with E-state index in [1.54, 1.807) is 0 Å². The highest BCUT2D eigenvalue weighted by molar-refractivity contribution is 6.51. The van der Waals surface area contributed by atoms with Crippen LogP contribution in [-0.4, -0.2) is 15.6 Å². The highest BCUT2D eigenvalue weighted by atomic mass is 28.3. The van der Waals surface area contributed by atoms with Crippen LogP contribution < -0.4 is 0 Å². The van der Waals surface area contributed by atoms with Crippen molar-refractivity contribution in [1.29, 1.82) is 0 Å². The number of hydrogen-bond donors (Lipinski definition) is 0. The van der Waals surface area contributed by atoms with Crippen molar-refractivity contribution in [3.63, 3.8) is 0 Å². The molecule has 0 heterocycles. The maximum Gasteiger partial charge on any atom is 0.210 e. The third kappa shape index (κ3) is 5.00. The summed E-state index contributed by atoms with van der Waals surface area (Å²) >= 11 is 0. The minimum atomic E-state index is -0.418. The van der Waals surface area contributed by atoms with E-state index in [1.165, 1.54) is 12.1 Å². The molecule has 0 bridgehead atoms. The van der Waals surface area contributed by atoms with Gasteiger partial charge in [-0.05, 0) is 18.0 Å². The Morgan fingerprint density at radius 2 is 1.70 bits per heavy atom. The Morgan fingerprint density at radius 3 is 2.00 bits per heavy atom. The molecule has 0 aromatic carbocycles. The van der Waals surface area contributed by atoms with E-state index in [4.69, 9.17) is 4.43 Å². The van der Waals surface area contributed by atoms with E-state index in [1.807, 2.05) is 0 Å². The molecule has 1 radical (unpaired) electrons. The minimum absolute atomic E-state index is 0.418. The standard InChI is InChI=1S/C8H19OSi/c1-5-10(6-2)9-7-8(3)4/h8H,5-7H2,1-4H3. The molecule has 1 nitrogen and oxygen atoms in total. The average Bonchev–Trinajstić information content (AvgIpc) is 1.90. The van der Waals surface area contributed by atoms with Gasteiger partial charge in [-0.1, -0.05) is 27.7 Å². The van der Waals surface area contributed by atoms with E-state index < -0.39 is 9.04 Å². The third-order valence-corrected chi connectivity index (χ3v) is 3.56. The highest BCUT2D eigenvalue weighted by Crippen LogP contribution is 2.02. The van der Waals surface area contributed by atoms with Crippen LogP contribution in [0, 0.1) is 5.92 Å². The molecule has 0 atom stereocenters. The first-order chi connectivity index (χ1) is 4.70. The van der Waals surface area contributed by atoms with Gasteiger partial charge < -0.3 is 4.43 Å². The second kappa shape index (κ2) is 5.92. The van der Waals surface area contributed by atoms with Gasteiger partial charge in [0.2, 0.25) is 9.04 Å². The number of rotatable bonds is 5. The molecule has 0 saturated carbocycles. The van der Waals surface area contributed by atoms with Gasteiger partial charge in [0.05, 0.1) is 0 Å². The zero-order chi connectivity index (χ0) is 7.98. The van der Waals surface area contributed by atoms with Crippen LogP contribution in [0.4, 0.5) is 0 Å². The van der Waals surface area contributed by atoms with Gasteiger partial charge in [0.15, 0.2) is 0 Å². The van der Waals surface area contributed by atoms with Crippen LogP contribution in [-0.2, 0) is 4.43 Å². The Labute approximate surface area is 66.5 Å². The molecule has 10 heavy (non-hydrogen) atoms. The summed E-state index contributed by atoms with van der Waals surface area (Å²) in [5.74, 6) is 0.693. The summed E-state index contributed by atoms with van der Waals surface area (Å²) < 4.78 is 5.70. The molecule has 0 rings (SSSR count). The quantitative estimate of drug-likeness (QED) is 0.560. The van der Waals surface area contributed by atoms with E-state index in [-0.39, 0.29) is 0 Å². The van der Waals surface area contributed by atoms with E-state index >= 15 is 0 Å².